The molecule has 0 radical (unpaired) electrons. The van der Waals surface area contributed by atoms with Crippen molar-refractivity contribution >= 4 is 44.6 Å². The van der Waals surface area contributed by atoms with Gasteiger partial charge in [0.1, 0.15) is 0 Å². The predicted molar refractivity (Wildman–Crippen MR) is 128 cm³/mol. The summed E-state index contributed by atoms with van der Waals surface area (Å²) in [7, 11) is 0. The molecule has 0 amide bonds. The summed E-state index contributed by atoms with van der Waals surface area (Å²) in [5, 5.41) is 15.6. The number of anilines is 2. The molecule has 0 unspecified atom stereocenters. The molecule has 0 saturated carbocycles. The number of benzene rings is 2. The van der Waals surface area contributed by atoms with Gasteiger partial charge in [-0.25, -0.2) is 0 Å². The van der Waals surface area contributed by atoms with Gasteiger partial charge in [-0.05, 0) is 48.0 Å². The Morgan fingerprint density at radius 2 is 1.50 bits per heavy atom. The van der Waals surface area contributed by atoms with Crippen LogP contribution in [0.25, 0.3) is 0 Å². The molecule has 0 spiro atoms. The predicted octanol–water partition coefficient (Wildman–Crippen LogP) is 5.06. The van der Waals surface area contributed by atoms with Crippen LogP contribution in [0.4, 0.5) is 11.4 Å². The number of halogens is 1. The molecule has 0 bridgehead atoms. The van der Waals surface area contributed by atoms with E-state index in [4.69, 9.17) is 12.2 Å². The van der Waals surface area contributed by atoms with Crippen molar-refractivity contribution in [2.75, 3.05) is 10.6 Å². The molecule has 8 heteroatoms. The maximum Gasteiger partial charge on any atom is 0.175 e. The molecule has 6 nitrogen and oxygen atoms in total. The zero-order valence-corrected chi connectivity index (χ0v) is 18.8. The van der Waals surface area contributed by atoms with Gasteiger partial charge in [0, 0.05) is 16.9 Å². The van der Waals surface area contributed by atoms with Gasteiger partial charge in [0.25, 0.3) is 0 Å². The number of nitrogens with one attached hydrogen (secondary N) is 2. The molecule has 2 aromatic carbocycles. The second kappa shape index (κ2) is 9.23. The van der Waals surface area contributed by atoms with Crippen molar-refractivity contribution in [1.82, 2.24) is 19.6 Å². The number of hydrogen-bond acceptors (Lipinski definition) is 3. The molecule has 2 aromatic heterocycles. The summed E-state index contributed by atoms with van der Waals surface area (Å²) in [5.74, 6) is 0. The van der Waals surface area contributed by atoms with Crippen LogP contribution in [0.15, 0.2) is 77.8 Å². The average Bonchev–Trinajstić information content (AvgIpc) is 3.35. The van der Waals surface area contributed by atoms with Gasteiger partial charge in [-0.15, -0.1) is 0 Å². The molecule has 0 aliphatic carbocycles. The van der Waals surface area contributed by atoms with Crippen molar-refractivity contribution in [3.05, 3.63) is 94.5 Å². The van der Waals surface area contributed by atoms with Crippen LogP contribution in [0.5, 0.6) is 0 Å². The van der Waals surface area contributed by atoms with E-state index in [1.54, 1.807) is 12.4 Å². The first kappa shape index (κ1) is 20.3. The molecule has 4 aromatic rings. The normalized spacial score (nSPS) is 10.7. The van der Waals surface area contributed by atoms with Gasteiger partial charge in [-0.2, -0.15) is 10.2 Å². The maximum atomic E-state index is 5.43. The Bertz CT molecular complexity index is 1150. The van der Waals surface area contributed by atoms with Crippen LogP contribution in [-0.2, 0) is 13.1 Å². The Morgan fingerprint density at radius 3 is 2.13 bits per heavy atom. The second-order valence-corrected chi connectivity index (χ2v) is 8.31. The molecule has 0 aliphatic rings. The fraction of sp³-hybridized carbons (Fsp3) is 0.136. The number of aromatic nitrogens is 4. The van der Waals surface area contributed by atoms with Crippen molar-refractivity contribution in [2.45, 2.75) is 20.0 Å². The van der Waals surface area contributed by atoms with E-state index in [0.29, 0.717) is 11.7 Å². The topological polar surface area (TPSA) is 59.7 Å². The highest BCUT2D eigenvalue weighted by Gasteiger charge is 2.06. The highest BCUT2D eigenvalue weighted by molar-refractivity contribution is 9.10. The van der Waals surface area contributed by atoms with E-state index >= 15 is 0 Å². The van der Waals surface area contributed by atoms with Gasteiger partial charge >= 0.3 is 0 Å². The lowest BCUT2D eigenvalue weighted by Gasteiger charge is -2.07. The van der Waals surface area contributed by atoms with Crippen LogP contribution >= 0.6 is 28.1 Å². The number of nitrogens with zero attached hydrogens (tertiary/aromatic N) is 4. The van der Waals surface area contributed by atoms with Gasteiger partial charge in [0.15, 0.2) is 5.11 Å². The first-order chi connectivity index (χ1) is 14.5. The molecular weight excluding hydrogens is 460 g/mol. The van der Waals surface area contributed by atoms with E-state index in [0.717, 1.165) is 22.4 Å². The summed E-state index contributed by atoms with van der Waals surface area (Å²) < 4.78 is 4.82. The third-order valence-electron chi connectivity index (χ3n) is 4.63. The highest BCUT2D eigenvalue weighted by atomic mass is 79.9. The maximum absolute atomic E-state index is 5.43. The third kappa shape index (κ3) is 5.34. The van der Waals surface area contributed by atoms with Gasteiger partial charge in [0.2, 0.25) is 0 Å². The monoisotopic (exact) mass is 480 g/mol. The molecule has 0 saturated heterocycles. The minimum atomic E-state index is 0.494. The van der Waals surface area contributed by atoms with Crippen LogP contribution in [-0.4, -0.2) is 24.7 Å². The standard InChI is InChI=1S/C22H21BrN6S/c1-16-4-2-3-5-18(16)13-29-15-21(11-25-29)27-22(30)26-20-10-24-28(14-20)12-17-6-8-19(23)9-7-17/h2-11,14-15H,12-13H2,1H3,(H2,26,27,30). The van der Waals surface area contributed by atoms with Gasteiger partial charge in [0.05, 0.1) is 36.9 Å². The Balaban J connectivity index is 1.32. The number of rotatable bonds is 6. The number of thiocarbonyl (C=S) groups is 1. The lowest BCUT2D eigenvalue weighted by atomic mass is 10.1. The van der Waals surface area contributed by atoms with Gasteiger partial charge < -0.3 is 10.6 Å². The fourth-order valence-corrected chi connectivity index (χ4v) is 3.56. The SMILES string of the molecule is Cc1ccccc1Cn1cc(NC(=S)Nc2cnn(Cc3ccc(Br)cc3)c2)cn1. The summed E-state index contributed by atoms with van der Waals surface area (Å²) in [6.45, 7) is 3.52. The van der Waals surface area contributed by atoms with Crippen molar-refractivity contribution in [1.29, 1.82) is 0 Å². The zero-order chi connectivity index (χ0) is 20.9. The van der Waals surface area contributed by atoms with Crippen molar-refractivity contribution in [2.24, 2.45) is 0 Å². The molecular formula is C22H21BrN6S. The van der Waals surface area contributed by atoms with E-state index in [1.165, 1.54) is 16.7 Å². The minimum absolute atomic E-state index is 0.494. The fourth-order valence-electron chi connectivity index (χ4n) is 3.06. The van der Waals surface area contributed by atoms with Crippen molar-refractivity contribution in [3.63, 3.8) is 0 Å². The van der Waals surface area contributed by atoms with E-state index in [2.05, 4.69) is 68.0 Å². The van der Waals surface area contributed by atoms with Crippen LogP contribution in [0.2, 0.25) is 0 Å². The summed E-state index contributed by atoms with van der Waals surface area (Å²) in [4.78, 5) is 0. The van der Waals surface area contributed by atoms with E-state index in [-0.39, 0.29) is 0 Å². The first-order valence-corrected chi connectivity index (χ1v) is 10.7. The highest BCUT2D eigenvalue weighted by Crippen LogP contribution is 2.14. The smallest absolute Gasteiger partial charge is 0.175 e. The molecule has 0 fully saturated rings. The Morgan fingerprint density at radius 1 is 0.900 bits per heavy atom. The first-order valence-electron chi connectivity index (χ1n) is 9.47. The van der Waals surface area contributed by atoms with E-state index < -0.39 is 0 Å². The van der Waals surface area contributed by atoms with Crippen molar-refractivity contribution < 1.29 is 0 Å². The zero-order valence-electron chi connectivity index (χ0n) is 16.4. The Hall–Kier alpha value is -2.97. The summed E-state index contributed by atoms with van der Waals surface area (Å²) in [6, 6.07) is 16.5. The van der Waals surface area contributed by atoms with Crippen LogP contribution in [0.3, 0.4) is 0 Å². The van der Waals surface area contributed by atoms with Crippen molar-refractivity contribution in [3.8, 4) is 0 Å². The molecule has 152 valence electrons. The lowest BCUT2D eigenvalue weighted by molar-refractivity contribution is 0.684. The Kier molecular flexibility index (Phi) is 6.25. The molecule has 0 aliphatic heterocycles. The number of hydrogen-bond donors (Lipinski definition) is 2. The van der Waals surface area contributed by atoms with Gasteiger partial charge in [-0.1, -0.05) is 52.3 Å². The molecule has 2 N–H and O–H groups in total. The Labute approximate surface area is 189 Å². The van der Waals surface area contributed by atoms with E-state index in [9.17, 15) is 0 Å². The second-order valence-electron chi connectivity index (χ2n) is 6.99. The lowest BCUT2D eigenvalue weighted by Crippen LogP contribution is -2.18. The summed E-state index contributed by atoms with van der Waals surface area (Å²) in [5.41, 5.74) is 5.33. The molecule has 4 rings (SSSR count). The van der Waals surface area contributed by atoms with E-state index in [1.807, 2.05) is 46.0 Å². The largest absolute Gasteiger partial charge is 0.330 e. The summed E-state index contributed by atoms with van der Waals surface area (Å²) in [6.07, 6.45) is 7.40. The van der Waals surface area contributed by atoms with Crippen LogP contribution < -0.4 is 10.6 Å². The minimum Gasteiger partial charge on any atom is -0.330 e. The number of aryl methyl sites for hydroxylation is 1. The molecule has 0 atom stereocenters. The molecule has 2 heterocycles. The van der Waals surface area contributed by atoms with Crippen LogP contribution in [0, 0.1) is 6.92 Å². The average molecular weight is 481 g/mol. The molecule has 30 heavy (non-hydrogen) atoms. The third-order valence-corrected chi connectivity index (χ3v) is 5.37. The summed E-state index contributed by atoms with van der Waals surface area (Å²) >= 11 is 8.88. The van der Waals surface area contributed by atoms with Gasteiger partial charge in [-0.3, -0.25) is 9.36 Å². The quantitative estimate of drug-likeness (QED) is 0.377. The van der Waals surface area contributed by atoms with Crippen LogP contribution in [0.1, 0.15) is 16.7 Å².